The molecule has 0 aromatic carbocycles. The van der Waals surface area contributed by atoms with Gasteiger partial charge in [0.2, 0.25) is 0 Å². The SMILES string of the molecule is [Na+].[Na+].[Na+].[O]=[Sb]([O-])([O-])[O-]. The monoisotopic (exact) mass is 254 g/mol. The molecule has 0 aromatic heterocycles. The summed E-state index contributed by atoms with van der Waals surface area (Å²) in [4.78, 5) is 0. The van der Waals surface area contributed by atoms with Crippen molar-refractivity contribution in [3.63, 3.8) is 0 Å². The Bertz CT molecular complexity index is 57.4. The van der Waals surface area contributed by atoms with E-state index in [0.29, 0.717) is 0 Å². The second-order valence-electron chi connectivity index (χ2n) is 0.447. The van der Waals surface area contributed by atoms with Crippen molar-refractivity contribution in [2.75, 3.05) is 0 Å². The van der Waals surface area contributed by atoms with Gasteiger partial charge in [0.1, 0.15) is 0 Å². The average Bonchev–Trinajstić information content (AvgIpc) is 0.722. The molecule has 0 bridgehead atoms. The molecule has 0 aromatic rings. The molecule has 0 aliphatic carbocycles. The molecule has 4 nitrogen and oxygen atoms in total. The Kier molecular flexibility index (Phi) is 29.6. The van der Waals surface area contributed by atoms with Gasteiger partial charge in [-0.25, -0.2) is 0 Å². The fourth-order valence-electron chi connectivity index (χ4n) is 0. The predicted molar refractivity (Wildman–Crippen MR) is 6.44 cm³/mol. The van der Waals surface area contributed by atoms with E-state index in [0.717, 1.165) is 0 Å². The van der Waals surface area contributed by atoms with Gasteiger partial charge in [-0.05, 0) is 0 Å². The Balaban J connectivity index is -0.0000000267. The number of rotatable bonds is 0. The van der Waals surface area contributed by atoms with Crippen LogP contribution < -0.4 is 98.8 Å². The van der Waals surface area contributed by atoms with E-state index in [4.69, 9.17) is 13.2 Å². The normalized spacial score (nSPS) is 7.38. The second kappa shape index (κ2) is 10.5. The van der Waals surface area contributed by atoms with Gasteiger partial charge in [-0.15, -0.1) is 0 Å². The molecule has 32 valence electrons. The van der Waals surface area contributed by atoms with Gasteiger partial charge in [0, 0.05) is 0 Å². The molecule has 0 spiro atoms. The topological polar surface area (TPSA) is 86.2 Å². The van der Waals surface area contributed by atoms with Crippen LogP contribution in [0.15, 0.2) is 0 Å². The van der Waals surface area contributed by atoms with Crippen molar-refractivity contribution in [1.82, 2.24) is 0 Å². The summed E-state index contributed by atoms with van der Waals surface area (Å²) in [7, 11) is 0. The van der Waals surface area contributed by atoms with Crippen molar-refractivity contribution in [3.05, 3.63) is 0 Å². The van der Waals surface area contributed by atoms with Gasteiger partial charge in [0.05, 0.1) is 0 Å². The van der Waals surface area contributed by atoms with Gasteiger partial charge in [-0.1, -0.05) is 0 Å². The minimum atomic E-state index is -6.10. The van der Waals surface area contributed by atoms with E-state index >= 15 is 0 Å². The standard InChI is InChI=1S/3Na.4O.Sb/q3*+1;;3*-1;. The molecule has 0 fully saturated rings. The molecule has 0 unspecified atom stereocenters. The zero-order chi connectivity index (χ0) is 4.50. The Morgan fingerprint density at radius 3 is 0.875 bits per heavy atom. The Morgan fingerprint density at radius 2 is 0.875 bits per heavy atom. The molecular formula is Na3O4Sb. The molecule has 0 saturated heterocycles. The fourth-order valence-corrected chi connectivity index (χ4v) is 0. The Labute approximate surface area is 119 Å². The van der Waals surface area contributed by atoms with Crippen molar-refractivity contribution in [3.8, 4) is 0 Å². The first-order valence-electron chi connectivity index (χ1n) is 0.730. The molecule has 0 atom stereocenters. The van der Waals surface area contributed by atoms with Gasteiger partial charge in [0.25, 0.3) is 0 Å². The molecule has 8 heavy (non-hydrogen) atoms. The summed E-state index contributed by atoms with van der Waals surface area (Å²) in [5.74, 6) is 0. The maximum atomic E-state index is 8.64. The summed E-state index contributed by atoms with van der Waals surface area (Å²) in [5.41, 5.74) is 0. The van der Waals surface area contributed by atoms with E-state index in [-0.39, 0.29) is 88.7 Å². The molecule has 0 N–H and O–H groups in total. The zero-order valence-corrected chi connectivity index (χ0v) is 13.6. The summed E-state index contributed by atoms with van der Waals surface area (Å²) < 4.78 is 34.6. The Hall–Kier alpha value is 3.50. The van der Waals surface area contributed by atoms with Crippen LogP contribution in [-0.2, 0) is 3.02 Å². The quantitative estimate of drug-likeness (QED) is 0.402. The van der Waals surface area contributed by atoms with Crippen LogP contribution >= 0.6 is 0 Å². The summed E-state index contributed by atoms with van der Waals surface area (Å²) >= 11 is -6.10. The third-order valence-electron chi connectivity index (χ3n) is 0. The zero-order valence-electron chi connectivity index (χ0n) is 5.08. The molecule has 0 heterocycles. The Morgan fingerprint density at radius 1 is 0.875 bits per heavy atom. The van der Waals surface area contributed by atoms with Crippen molar-refractivity contribution in [2.45, 2.75) is 0 Å². The molecule has 0 amide bonds. The molecule has 0 aliphatic heterocycles. The van der Waals surface area contributed by atoms with E-state index in [1.165, 1.54) is 0 Å². The van der Waals surface area contributed by atoms with Crippen LogP contribution in [0.5, 0.6) is 0 Å². The summed E-state index contributed by atoms with van der Waals surface area (Å²) in [6, 6.07) is 0. The van der Waals surface area contributed by atoms with E-state index in [1.807, 2.05) is 0 Å². The molecule has 0 aliphatic rings. The average molecular weight is 255 g/mol. The molecule has 0 saturated carbocycles. The summed E-state index contributed by atoms with van der Waals surface area (Å²) in [6.45, 7) is 0. The van der Waals surface area contributed by atoms with Gasteiger partial charge < -0.3 is 0 Å². The van der Waals surface area contributed by atoms with Crippen LogP contribution in [0.2, 0.25) is 0 Å². The van der Waals surface area contributed by atoms with Crippen LogP contribution in [0.1, 0.15) is 0 Å². The van der Waals surface area contributed by atoms with Gasteiger partial charge in [-0.2, -0.15) is 0 Å². The molecule has 0 radical (unpaired) electrons. The third-order valence-corrected chi connectivity index (χ3v) is 0. The van der Waals surface area contributed by atoms with E-state index in [1.54, 1.807) is 0 Å². The van der Waals surface area contributed by atoms with Crippen LogP contribution in [-0.4, -0.2) is 20.1 Å². The van der Waals surface area contributed by atoms with Crippen LogP contribution in [0.4, 0.5) is 0 Å². The van der Waals surface area contributed by atoms with E-state index in [9.17, 15) is 0 Å². The maximum absolute atomic E-state index is 8.64. The van der Waals surface area contributed by atoms with Crippen LogP contribution in [0.3, 0.4) is 0 Å². The van der Waals surface area contributed by atoms with E-state index < -0.39 is 20.1 Å². The first-order chi connectivity index (χ1) is 2.00. The molecule has 0 rings (SSSR count). The molecular weight excluding hydrogens is 255 g/mol. The van der Waals surface area contributed by atoms with Gasteiger partial charge in [0.15, 0.2) is 0 Å². The van der Waals surface area contributed by atoms with Crippen molar-refractivity contribution < 1.29 is 102 Å². The van der Waals surface area contributed by atoms with Crippen LogP contribution in [0, 0.1) is 0 Å². The molecule has 8 heteroatoms. The number of hydrogen-bond donors (Lipinski definition) is 0. The van der Waals surface area contributed by atoms with Gasteiger partial charge in [-0.3, -0.25) is 0 Å². The van der Waals surface area contributed by atoms with Crippen molar-refractivity contribution in [1.29, 1.82) is 0 Å². The summed E-state index contributed by atoms with van der Waals surface area (Å²) in [5, 5.41) is 0. The van der Waals surface area contributed by atoms with Crippen LogP contribution in [0.25, 0.3) is 0 Å². The summed E-state index contributed by atoms with van der Waals surface area (Å²) in [6.07, 6.45) is 0. The predicted octanol–water partition coefficient (Wildman–Crippen LogP) is -13.1. The van der Waals surface area contributed by atoms with Gasteiger partial charge >= 0.3 is 122 Å². The first kappa shape index (κ1) is 22.5. The number of hydrogen-bond acceptors (Lipinski definition) is 4. The third kappa shape index (κ3) is 56.1. The van der Waals surface area contributed by atoms with E-state index in [2.05, 4.69) is 0 Å². The fraction of sp³-hybridized carbons (Fsp3) is 0. The van der Waals surface area contributed by atoms with Crippen molar-refractivity contribution in [2.24, 2.45) is 0 Å². The minimum absolute atomic E-state index is 0. The second-order valence-corrected chi connectivity index (χ2v) is 3.00. The van der Waals surface area contributed by atoms with Crippen molar-refractivity contribution >= 4 is 20.1 Å². The first-order valence-corrected chi connectivity index (χ1v) is 4.90.